The van der Waals surface area contributed by atoms with E-state index in [4.69, 9.17) is 18.9 Å². The van der Waals surface area contributed by atoms with Gasteiger partial charge in [0, 0.05) is 21.7 Å². The lowest BCUT2D eigenvalue weighted by atomic mass is 9.11. The molecule has 14 aliphatic carbocycles. The first-order valence-electron chi connectivity index (χ1n) is 16.3. The van der Waals surface area contributed by atoms with Crippen molar-refractivity contribution in [1.29, 1.82) is 0 Å². The van der Waals surface area contributed by atoms with E-state index in [1.807, 2.05) is 24.3 Å². The maximum atomic E-state index is 13.3. The second kappa shape index (κ2) is 8.12. The highest BCUT2D eigenvalue weighted by atomic mass is 16.5. The molecule has 16 rings (SSSR count). The van der Waals surface area contributed by atoms with Crippen molar-refractivity contribution in [1.82, 2.24) is 0 Å². The van der Waals surface area contributed by atoms with Crippen LogP contribution in [0.4, 0.5) is 0 Å². The van der Waals surface area contributed by atoms with Crippen LogP contribution in [0.3, 0.4) is 0 Å². The van der Waals surface area contributed by atoms with Gasteiger partial charge in [-0.05, 0) is 124 Å². The molecule has 10 fully saturated rings. The molecule has 14 aliphatic rings. The normalized spacial score (nSPS) is 37.4. The Kier molecular flexibility index (Phi) is 4.93. The molecule has 0 amide bonds. The Balaban J connectivity index is 1.27. The lowest BCUT2D eigenvalue weighted by molar-refractivity contribution is -0.319. The molecule has 44 heavy (non-hydrogen) atoms. The first kappa shape index (κ1) is 26.7. The monoisotopic (exact) mass is 596 g/mol. The summed E-state index contributed by atoms with van der Waals surface area (Å²) in [5.74, 6) is -0.333. The van der Waals surface area contributed by atoms with Crippen molar-refractivity contribution in [3.63, 3.8) is 0 Å². The van der Waals surface area contributed by atoms with Gasteiger partial charge >= 0.3 is 23.9 Å². The number of carbonyl (C=O) groups excluding carboxylic acids is 4. The van der Waals surface area contributed by atoms with Crippen molar-refractivity contribution in [3.05, 3.63) is 68.8 Å². The lowest BCUT2D eigenvalue weighted by Crippen LogP contribution is -2.92. The molecule has 0 saturated heterocycles. The number of rotatable bonds is 8. The van der Waals surface area contributed by atoms with Crippen molar-refractivity contribution in [3.8, 4) is 0 Å². The van der Waals surface area contributed by atoms with E-state index in [0.717, 1.165) is 25.7 Å². The first-order valence-corrected chi connectivity index (χ1v) is 16.3. The Labute approximate surface area is 255 Å². The summed E-state index contributed by atoms with van der Waals surface area (Å²) in [6.07, 6.45) is 4.01. The highest BCUT2D eigenvalue weighted by molar-refractivity contribution is 6.05. The average molecular weight is 597 g/mol. The van der Waals surface area contributed by atoms with Gasteiger partial charge in [-0.2, -0.15) is 0 Å². The second-order valence-corrected chi connectivity index (χ2v) is 13.8. The van der Waals surface area contributed by atoms with Crippen molar-refractivity contribution < 1.29 is 38.1 Å². The van der Waals surface area contributed by atoms with Crippen molar-refractivity contribution in [2.45, 2.75) is 75.0 Å². The van der Waals surface area contributed by atoms with Crippen LogP contribution >= 0.6 is 0 Å². The van der Waals surface area contributed by atoms with E-state index < -0.39 is 23.9 Å². The largest absolute Gasteiger partial charge is 0.462 e. The predicted octanol–water partition coefficient (Wildman–Crippen LogP) is 5.17. The fraction of sp³-hybridized carbons (Fsp3) is 0.556. The minimum absolute atomic E-state index is 0.0592. The highest BCUT2D eigenvalue weighted by Gasteiger charge is 3.01. The summed E-state index contributed by atoms with van der Waals surface area (Å²) in [6, 6.07) is 7.96. The highest BCUT2D eigenvalue weighted by Crippen LogP contribution is 3.02. The van der Waals surface area contributed by atoms with Gasteiger partial charge in [-0.3, -0.25) is 0 Å². The molecular weight excluding hydrogens is 560 g/mol. The van der Waals surface area contributed by atoms with Crippen LogP contribution in [0.15, 0.2) is 24.3 Å². The molecular formula is C36H36O8. The minimum atomic E-state index is -0.486. The van der Waals surface area contributed by atoms with Crippen LogP contribution in [-0.4, -0.2) is 50.3 Å². The van der Waals surface area contributed by atoms with Crippen LogP contribution in [0.2, 0.25) is 0 Å². The summed E-state index contributed by atoms with van der Waals surface area (Å²) in [4.78, 5) is 53.0. The topological polar surface area (TPSA) is 105 Å². The van der Waals surface area contributed by atoms with Gasteiger partial charge < -0.3 is 18.9 Å². The third kappa shape index (κ3) is 2.36. The fourth-order valence-corrected chi connectivity index (χ4v) is 13.0. The van der Waals surface area contributed by atoms with Crippen LogP contribution in [-0.2, 0) is 40.6 Å². The number of fused-ring (bicyclic) bond motifs is 2. The van der Waals surface area contributed by atoms with E-state index in [1.54, 1.807) is 27.7 Å². The predicted molar refractivity (Wildman–Crippen MR) is 156 cm³/mol. The van der Waals surface area contributed by atoms with Crippen LogP contribution in [0, 0.1) is 23.7 Å². The molecule has 2 aromatic rings. The zero-order chi connectivity index (χ0) is 30.6. The summed E-state index contributed by atoms with van der Waals surface area (Å²) >= 11 is 0. The molecule has 10 saturated carbocycles. The van der Waals surface area contributed by atoms with Crippen molar-refractivity contribution >= 4 is 23.9 Å². The average Bonchev–Trinajstić information content (AvgIpc) is 3.77. The lowest BCUT2D eigenvalue weighted by Gasteiger charge is -2.91. The summed E-state index contributed by atoms with van der Waals surface area (Å²) in [6.45, 7) is 7.98. The Bertz CT molecular complexity index is 1480. The molecule has 8 bridgehead atoms. The molecule has 4 spiro atoms. The van der Waals surface area contributed by atoms with E-state index >= 15 is 0 Å². The third-order valence-electron chi connectivity index (χ3n) is 13.3. The van der Waals surface area contributed by atoms with E-state index in [0.29, 0.717) is 45.9 Å². The molecule has 8 heteroatoms. The number of ether oxygens (including phenoxy) is 4. The van der Waals surface area contributed by atoms with Gasteiger partial charge in [-0.15, -0.1) is 0 Å². The molecule has 0 radical (unpaired) electrons. The van der Waals surface area contributed by atoms with E-state index in [1.165, 1.54) is 22.3 Å². The Hall–Kier alpha value is -3.68. The van der Waals surface area contributed by atoms with Gasteiger partial charge in [0.15, 0.2) is 0 Å². The van der Waals surface area contributed by atoms with Crippen molar-refractivity contribution in [2.75, 3.05) is 26.4 Å². The minimum Gasteiger partial charge on any atom is -0.462 e. The zero-order valence-corrected chi connectivity index (χ0v) is 25.5. The maximum Gasteiger partial charge on any atom is 0.339 e. The SMILES string of the molecule is CCOC(=O)c1cc2c(cc1C(=O)OCC)C13CCC45c6cc(C(=O)OCC)c(C(=O)OCC)cc6C67CCC2(C6C14)C7C35. The van der Waals surface area contributed by atoms with Crippen molar-refractivity contribution in [2.24, 2.45) is 23.7 Å². The molecule has 0 N–H and O–H groups in total. The van der Waals surface area contributed by atoms with E-state index in [-0.39, 0.29) is 48.1 Å². The van der Waals surface area contributed by atoms with Gasteiger partial charge in [0.1, 0.15) is 0 Å². The zero-order valence-electron chi connectivity index (χ0n) is 25.5. The van der Waals surface area contributed by atoms with E-state index in [9.17, 15) is 19.2 Å². The van der Waals surface area contributed by atoms with Crippen LogP contribution < -0.4 is 0 Å². The van der Waals surface area contributed by atoms with Gasteiger partial charge in [0.05, 0.1) is 48.7 Å². The van der Waals surface area contributed by atoms with E-state index in [2.05, 4.69) is 0 Å². The number of esters is 4. The van der Waals surface area contributed by atoms with Crippen LogP contribution in [0.5, 0.6) is 0 Å². The Morgan fingerprint density at radius 1 is 0.477 bits per heavy atom. The van der Waals surface area contributed by atoms with Gasteiger partial charge in [0.2, 0.25) is 0 Å². The summed E-state index contributed by atoms with van der Waals surface area (Å²) in [5, 5.41) is 0. The number of hydrogen-bond donors (Lipinski definition) is 0. The van der Waals surface area contributed by atoms with Gasteiger partial charge in [-0.1, -0.05) is 0 Å². The number of hydrogen-bond acceptors (Lipinski definition) is 8. The molecule has 228 valence electrons. The fourth-order valence-electron chi connectivity index (χ4n) is 13.0. The standard InChI is InChI=1S/C36H36O8/c1-5-41-29(37)17-13-21-22(14-18(17)30(38)42-6-2)34-11-12-36-24-16-20(32(40)44-8-4)19(31(39)43-7-3)15-23(24)35-10-9-33(21,25(35)27(34)36)26(35)28(34)36/h13-16,25-28H,5-12H2,1-4H3. The first-order chi connectivity index (χ1) is 21.2. The molecule has 0 heterocycles. The Morgan fingerprint density at radius 2 is 0.682 bits per heavy atom. The molecule has 0 unspecified atom stereocenters. The summed E-state index contributed by atoms with van der Waals surface area (Å²) in [7, 11) is 0. The van der Waals surface area contributed by atoms with Gasteiger partial charge in [-0.25, -0.2) is 19.2 Å². The number of carbonyl (C=O) groups is 4. The second-order valence-electron chi connectivity index (χ2n) is 13.8. The quantitative estimate of drug-likeness (QED) is 0.304. The molecule has 0 aromatic heterocycles. The van der Waals surface area contributed by atoms with Crippen LogP contribution in [0.25, 0.3) is 0 Å². The summed E-state index contributed by atoms with van der Waals surface area (Å²) < 4.78 is 21.8. The van der Waals surface area contributed by atoms with Crippen LogP contribution in [0.1, 0.15) is 117 Å². The molecule has 8 nitrogen and oxygen atoms in total. The molecule has 2 aromatic carbocycles. The molecule has 0 atom stereocenters. The Morgan fingerprint density at radius 3 is 0.864 bits per heavy atom. The van der Waals surface area contributed by atoms with Gasteiger partial charge in [0.25, 0.3) is 0 Å². The maximum absolute atomic E-state index is 13.3. The summed E-state index contributed by atoms with van der Waals surface area (Å²) in [5.41, 5.74) is 5.91. The molecule has 0 aliphatic heterocycles. The number of benzene rings is 2. The smallest absolute Gasteiger partial charge is 0.339 e. The third-order valence-corrected chi connectivity index (χ3v) is 13.3.